The third kappa shape index (κ3) is 30.6. The molecule has 0 unspecified atom stereocenters. The molecule has 0 spiro atoms. The fourth-order valence-corrected chi connectivity index (χ4v) is 11.4. The van der Waals surface area contributed by atoms with Crippen LogP contribution in [-0.4, -0.2) is 50.7 Å². The van der Waals surface area contributed by atoms with Gasteiger partial charge in [-0.2, -0.15) is 0 Å². The monoisotopic (exact) mass is 598 g/mol. The van der Waals surface area contributed by atoms with Crippen LogP contribution in [0, 0.1) is 0 Å². The third-order valence-corrected chi connectivity index (χ3v) is 10.8. The summed E-state index contributed by atoms with van der Waals surface area (Å²) in [4.78, 5) is 19.1. The molecule has 0 saturated heterocycles. The van der Waals surface area contributed by atoms with E-state index >= 15 is 0 Å². The minimum atomic E-state index is -2.54. The van der Waals surface area contributed by atoms with Crippen LogP contribution in [0.1, 0.15) is 0 Å². The molecule has 0 aromatic carbocycles. The molecule has 0 aromatic heterocycles. The van der Waals surface area contributed by atoms with Crippen molar-refractivity contribution in [3.63, 3.8) is 0 Å². The Bertz CT molecular complexity index is 244. The van der Waals surface area contributed by atoms with Gasteiger partial charge in [-0.05, 0) is 58.9 Å². The molecule has 0 heterocycles. The minimum absolute atomic E-state index is 1.13. The number of hydrogen-bond donors (Lipinski definition) is 2. The standard InChI is InChI=1S/C6H20O4Si3.C4H12OSi.I2/c1-11(2,7)9-13(5,6)10-12(3,4)8;1-5-6(2,3)4;1-2/h7-8H,1-6H3;1-4H3;. The maximum Gasteiger partial charge on any atom is 0.320 e. The molecule has 0 amide bonds. The van der Waals surface area contributed by atoms with Gasteiger partial charge in [0.15, 0.2) is 8.32 Å². The Morgan fingerprint density at radius 2 is 0.857 bits per heavy atom. The highest BCUT2D eigenvalue weighted by atomic mass is 128. The van der Waals surface area contributed by atoms with Crippen LogP contribution in [0.25, 0.3) is 0 Å². The molecule has 0 radical (unpaired) electrons. The zero-order valence-electron chi connectivity index (χ0n) is 14.9. The van der Waals surface area contributed by atoms with Gasteiger partial charge in [0.1, 0.15) is 0 Å². The Balaban J connectivity index is -0.000000339. The van der Waals surface area contributed by atoms with E-state index in [0.717, 1.165) is 0 Å². The quantitative estimate of drug-likeness (QED) is 0.364. The fraction of sp³-hybridized carbons (Fsp3) is 1.00. The van der Waals surface area contributed by atoms with E-state index in [1.54, 1.807) is 33.3 Å². The predicted molar refractivity (Wildman–Crippen MR) is 117 cm³/mol. The highest BCUT2D eigenvalue weighted by Crippen LogP contribution is 2.17. The summed E-state index contributed by atoms with van der Waals surface area (Å²) in [5, 5.41) is 0. The molecule has 0 bridgehead atoms. The highest BCUT2D eigenvalue weighted by molar-refractivity contribution is 15.0. The predicted octanol–water partition coefficient (Wildman–Crippen LogP) is 4.35. The van der Waals surface area contributed by atoms with Crippen LogP contribution in [-0.2, 0) is 12.7 Å². The van der Waals surface area contributed by atoms with Crippen molar-refractivity contribution < 1.29 is 22.2 Å². The second-order valence-corrected chi connectivity index (χ2v) is 21.7. The first-order valence-electron chi connectivity index (χ1n) is 6.52. The zero-order chi connectivity index (χ0) is 18.1. The molecule has 0 atom stereocenters. The lowest BCUT2D eigenvalue weighted by Crippen LogP contribution is -2.52. The first-order valence-corrected chi connectivity index (χ1v) is 24.7. The SMILES string of the molecule is CO[Si](C)(C)C.C[Si](C)(O)O[Si](C)(C)O[Si](C)(C)O.II. The summed E-state index contributed by atoms with van der Waals surface area (Å²) in [6.45, 7) is 16.9. The lowest BCUT2D eigenvalue weighted by Gasteiger charge is -2.33. The number of hydrogen-bond acceptors (Lipinski definition) is 5. The largest absolute Gasteiger partial charge is 0.421 e. The van der Waals surface area contributed by atoms with Crippen molar-refractivity contribution >= 4 is 71.2 Å². The van der Waals surface area contributed by atoms with E-state index in [1.165, 1.54) is 0 Å². The molecular formula is C10H32I2O5Si4. The van der Waals surface area contributed by atoms with Crippen LogP contribution in [0.2, 0.25) is 58.9 Å². The molecule has 0 saturated carbocycles. The number of halogens is 2. The van der Waals surface area contributed by atoms with Crippen molar-refractivity contribution in [2.75, 3.05) is 7.11 Å². The van der Waals surface area contributed by atoms with E-state index in [2.05, 4.69) is 56.9 Å². The Kier molecular flexibility index (Phi) is 15.5. The molecule has 0 aliphatic rings. The molecule has 0 fully saturated rings. The summed E-state index contributed by atoms with van der Waals surface area (Å²) >= 11 is 4.24. The van der Waals surface area contributed by atoms with Gasteiger partial charge >= 0.3 is 25.7 Å². The van der Waals surface area contributed by atoms with Gasteiger partial charge in [0.25, 0.3) is 0 Å². The van der Waals surface area contributed by atoms with E-state index in [4.69, 9.17) is 12.7 Å². The molecule has 0 aliphatic heterocycles. The summed E-state index contributed by atoms with van der Waals surface area (Å²) < 4.78 is 16.1. The van der Waals surface area contributed by atoms with Crippen molar-refractivity contribution in [2.24, 2.45) is 0 Å². The molecule has 0 aliphatic carbocycles. The summed E-state index contributed by atoms with van der Waals surface area (Å²) in [5.41, 5.74) is 0. The van der Waals surface area contributed by atoms with Gasteiger partial charge in [0.2, 0.25) is 0 Å². The second-order valence-electron chi connectivity index (χ2n) is 6.81. The molecule has 5 nitrogen and oxygen atoms in total. The van der Waals surface area contributed by atoms with Crippen LogP contribution in [0.3, 0.4) is 0 Å². The van der Waals surface area contributed by atoms with Gasteiger partial charge in [-0.1, -0.05) is 0 Å². The van der Waals surface area contributed by atoms with Crippen LogP contribution in [0.4, 0.5) is 0 Å². The van der Waals surface area contributed by atoms with E-state index in [9.17, 15) is 9.59 Å². The van der Waals surface area contributed by atoms with E-state index in [1.807, 2.05) is 13.1 Å². The van der Waals surface area contributed by atoms with Crippen LogP contribution < -0.4 is 0 Å². The van der Waals surface area contributed by atoms with Crippen LogP contribution in [0.5, 0.6) is 0 Å². The van der Waals surface area contributed by atoms with Crippen molar-refractivity contribution in [3.8, 4) is 0 Å². The molecule has 0 rings (SSSR count). The lowest BCUT2D eigenvalue weighted by molar-refractivity contribution is 0.294. The fourth-order valence-electron chi connectivity index (χ4n) is 1.22. The first-order chi connectivity index (χ1) is 8.97. The summed E-state index contributed by atoms with van der Waals surface area (Å²) in [6, 6.07) is 0. The Labute approximate surface area is 158 Å². The van der Waals surface area contributed by atoms with Crippen molar-refractivity contribution in [1.29, 1.82) is 0 Å². The van der Waals surface area contributed by atoms with Crippen LogP contribution in [0.15, 0.2) is 0 Å². The van der Waals surface area contributed by atoms with Gasteiger partial charge in [-0.3, -0.25) is 0 Å². The average Bonchev–Trinajstić information content (AvgIpc) is 2.12. The highest BCUT2D eigenvalue weighted by Gasteiger charge is 2.38. The normalized spacial score (nSPS) is 12.9. The Morgan fingerprint density at radius 3 is 0.952 bits per heavy atom. The van der Waals surface area contributed by atoms with Gasteiger partial charge in [0.05, 0.1) is 0 Å². The van der Waals surface area contributed by atoms with Crippen molar-refractivity contribution in [1.82, 2.24) is 0 Å². The molecular weight excluding hydrogens is 566 g/mol. The van der Waals surface area contributed by atoms with E-state index in [0.29, 0.717) is 0 Å². The minimum Gasteiger partial charge on any atom is -0.421 e. The van der Waals surface area contributed by atoms with Gasteiger partial charge < -0.3 is 22.2 Å². The van der Waals surface area contributed by atoms with Gasteiger partial charge in [-0.15, -0.1) is 0 Å². The number of rotatable bonds is 5. The molecule has 0 aromatic rings. The summed E-state index contributed by atoms with van der Waals surface area (Å²) in [6.07, 6.45) is 0. The zero-order valence-corrected chi connectivity index (χ0v) is 23.2. The van der Waals surface area contributed by atoms with E-state index < -0.39 is 34.0 Å². The molecule has 21 heavy (non-hydrogen) atoms. The maximum absolute atomic E-state index is 9.56. The Hall–Kier alpha value is 2.13. The topological polar surface area (TPSA) is 68.2 Å². The molecule has 132 valence electrons. The third-order valence-electron chi connectivity index (χ3n) is 1.60. The second kappa shape index (κ2) is 11.6. The van der Waals surface area contributed by atoms with Crippen molar-refractivity contribution in [3.05, 3.63) is 0 Å². The van der Waals surface area contributed by atoms with Crippen LogP contribution >= 0.6 is 37.2 Å². The molecule has 11 heteroatoms. The lowest BCUT2D eigenvalue weighted by atomic mass is 11.8. The van der Waals surface area contributed by atoms with E-state index in [-0.39, 0.29) is 0 Å². The van der Waals surface area contributed by atoms with Gasteiger partial charge in [-0.25, -0.2) is 0 Å². The first kappa shape index (κ1) is 28.0. The molecule has 2 N–H and O–H groups in total. The summed E-state index contributed by atoms with van der Waals surface area (Å²) in [7, 11) is -6.80. The van der Waals surface area contributed by atoms with Crippen molar-refractivity contribution in [2.45, 2.75) is 58.9 Å². The average molecular weight is 599 g/mol. The smallest absolute Gasteiger partial charge is 0.320 e. The van der Waals surface area contributed by atoms with Gasteiger partial charge in [0, 0.05) is 44.3 Å². The maximum atomic E-state index is 9.56. The Morgan fingerprint density at radius 1 is 0.667 bits per heavy atom. The summed E-state index contributed by atoms with van der Waals surface area (Å²) in [5.74, 6) is 0.